The van der Waals surface area contributed by atoms with Crippen LogP contribution in [0.2, 0.25) is 0 Å². The molecule has 0 radical (unpaired) electrons. The van der Waals surface area contributed by atoms with Gasteiger partial charge in [0.05, 0.1) is 12.5 Å². The van der Waals surface area contributed by atoms with E-state index in [2.05, 4.69) is 0 Å². The largest absolute Gasteiger partial charge is 0.466 e. The summed E-state index contributed by atoms with van der Waals surface area (Å²) in [6.45, 7) is 7.58. The minimum atomic E-state index is -0.610. The molecule has 0 bridgehead atoms. The lowest BCUT2D eigenvalue weighted by Crippen LogP contribution is -2.33. The van der Waals surface area contributed by atoms with Crippen molar-refractivity contribution in [2.24, 2.45) is 11.3 Å². The van der Waals surface area contributed by atoms with E-state index in [1.165, 1.54) is 0 Å². The highest BCUT2D eigenvalue weighted by atomic mass is 16.5. The van der Waals surface area contributed by atoms with Crippen LogP contribution in [-0.4, -0.2) is 18.4 Å². The summed E-state index contributed by atoms with van der Waals surface area (Å²) < 4.78 is 4.97. The topological polar surface area (TPSA) is 43.4 Å². The third kappa shape index (κ3) is 2.23. The third-order valence-corrected chi connectivity index (χ3v) is 2.97. The van der Waals surface area contributed by atoms with Crippen LogP contribution in [0.3, 0.4) is 0 Å². The van der Waals surface area contributed by atoms with E-state index in [0.717, 1.165) is 5.57 Å². The summed E-state index contributed by atoms with van der Waals surface area (Å²) in [7, 11) is 0. The molecule has 0 aromatic rings. The predicted molar refractivity (Wildman–Crippen MR) is 61.8 cm³/mol. The fourth-order valence-electron chi connectivity index (χ4n) is 1.88. The van der Waals surface area contributed by atoms with E-state index in [-0.39, 0.29) is 17.7 Å². The van der Waals surface area contributed by atoms with Crippen LogP contribution in [0.1, 0.15) is 27.7 Å². The zero-order chi connectivity index (χ0) is 12.3. The standard InChI is InChI=1S/C13H18O3/c1-5-16-12(15)9(2)10-7-6-8-11(14)13(10,3)4/h6-9H,5H2,1-4H3. The molecule has 1 rings (SSSR count). The summed E-state index contributed by atoms with van der Waals surface area (Å²) in [5.41, 5.74) is 0.208. The van der Waals surface area contributed by atoms with Crippen LogP contribution in [0.5, 0.6) is 0 Å². The van der Waals surface area contributed by atoms with E-state index < -0.39 is 5.41 Å². The fraction of sp³-hybridized carbons (Fsp3) is 0.538. The average molecular weight is 222 g/mol. The number of rotatable bonds is 3. The van der Waals surface area contributed by atoms with Gasteiger partial charge in [-0.15, -0.1) is 0 Å². The van der Waals surface area contributed by atoms with E-state index in [4.69, 9.17) is 4.74 Å². The smallest absolute Gasteiger partial charge is 0.312 e. The van der Waals surface area contributed by atoms with E-state index in [0.29, 0.717) is 6.61 Å². The van der Waals surface area contributed by atoms with Crippen LogP contribution < -0.4 is 0 Å². The Balaban J connectivity index is 2.95. The Morgan fingerprint density at radius 2 is 2.12 bits per heavy atom. The molecule has 0 fully saturated rings. The van der Waals surface area contributed by atoms with Crippen LogP contribution >= 0.6 is 0 Å². The van der Waals surface area contributed by atoms with Crippen molar-refractivity contribution in [3.63, 3.8) is 0 Å². The van der Waals surface area contributed by atoms with Crippen molar-refractivity contribution >= 4 is 11.8 Å². The number of carbonyl (C=O) groups excluding carboxylic acids is 2. The Hall–Kier alpha value is -1.38. The van der Waals surface area contributed by atoms with E-state index >= 15 is 0 Å². The molecule has 0 spiro atoms. The molecule has 0 aromatic heterocycles. The second-order valence-corrected chi connectivity index (χ2v) is 4.44. The highest BCUT2D eigenvalue weighted by molar-refractivity contribution is 5.99. The molecule has 0 heterocycles. The van der Waals surface area contributed by atoms with Crippen molar-refractivity contribution < 1.29 is 14.3 Å². The average Bonchev–Trinajstić information content (AvgIpc) is 2.21. The molecule has 16 heavy (non-hydrogen) atoms. The minimum absolute atomic E-state index is 0.0288. The van der Waals surface area contributed by atoms with Crippen LogP contribution in [-0.2, 0) is 14.3 Å². The van der Waals surface area contributed by atoms with Crippen LogP contribution in [0, 0.1) is 11.3 Å². The van der Waals surface area contributed by atoms with Crippen molar-refractivity contribution in [1.29, 1.82) is 0 Å². The molecule has 88 valence electrons. The van der Waals surface area contributed by atoms with E-state index in [9.17, 15) is 9.59 Å². The molecule has 1 atom stereocenters. The molecular weight excluding hydrogens is 204 g/mol. The summed E-state index contributed by atoms with van der Waals surface area (Å²) in [4.78, 5) is 23.4. The first-order chi connectivity index (χ1) is 7.41. The van der Waals surface area contributed by atoms with Gasteiger partial charge in [0.25, 0.3) is 0 Å². The SMILES string of the molecule is CCOC(=O)C(C)C1=CC=CC(=O)C1(C)C. The quantitative estimate of drug-likeness (QED) is 0.688. The van der Waals surface area contributed by atoms with Crippen molar-refractivity contribution in [3.8, 4) is 0 Å². The summed E-state index contributed by atoms with van der Waals surface area (Å²) in [5, 5.41) is 0. The van der Waals surface area contributed by atoms with Gasteiger partial charge in [0, 0.05) is 5.41 Å². The van der Waals surface area contributed by atoms with Crippen LogP contribution in [0.25, 0.3) is 0 Å². The summed E-state index contributed by atoms with van der Waals surface area (Å²) in [6.07, 6.45) is 5.07. The number of esters is 1. The normalized spacial score (nSPS) is 20.2. The maximum atomic E-state index is 11.7. The lowest BCUT2D eigenvalue weighted by atomic mass is 9.72. The molecule has 0 saturated carbocycles. The predicted octanol–water partition coefficient (Wildman–Crippen LogP) is 2.28. The highest BCUT2D eigenvalue weighted by Crippen LogP contribution is 2.36. The fourth-order valence-corrected chi connectivity index (χ4v) is 1.88. The van der Waals surface area contributed by atoms with Crippen LogP contribution in [0.4, 0.5) is 0 Å². The molecule has 1 unspecified atom stereocenters. The minimum Gasteiger partial charge on any atom is -0.466 e. The van der Waals surface area contributed by atoms with E-state index in [1.807, 2.05) is 19.9 Å². The Morgan fingerprint density at radius 3 is 2.69 bits per heavy atom. The van der Waals surface area contributed by atoms with Gasteiger partial charge >= 0.3 is 5.97 Å². The summed E-state index contributed by atoms with van der Waals surface area (Å²) in [6, 6.07) is 0. The first-order valence-corrected chi connectivity index (χ1v) is 5.51. The second-order valence-electron chi connectivity index (χ2n) is 4.44. The number of ether oxygens (including phenoxy) is 1. The number of hydrogen-bond donors (Lipinski definition) is 0. The zero-order valence-corrected chi connectivity index (χ0v) is 10.2. The van der Waals surface area contributed by atoms with Gasteiger partial charge in [-0.1, -0.05) is 12.2 Å². The maximum Gasteiger partial charge on any atom is 0.312 e. The van der Waals surface area contributed by atoms with Gasteiger partial charge in [-0.25, -0.2) is 0 Å². The maximum absolute atomic E-state index is 11.7. The molecule has 0 aromatic carbocycles. The van der Waals surface area contributed by atoms with Gasteiger partial charge in [-0.2, -0.15) is 0 Å². The molecule has 1 aliphatic carbocycles. The Bertz CT molecular complexity index is 361. The van der Waals surface area contributed by atoms with Gasteiger partial charge in [0.1, 0.15) is 0 Å². The molecule has 3 nitrogen and oxygen atoms in total. The molecule has 0 amide bonds. The van der Waals surface area contributed by atoms with Crippen molar-refractivity contribution in [3.05, 3.63) is 23.8 Å². The number of ketones is 1. The second kappa shape index (κ2) is 4.64. The van der Waals surface area contributed by atoms with Gasteiger partial charge in [0.2, 0.25) is 0 Å². The number of allylic oxidation sites excluding steroid dienone is 3. The lowest BCUT2D eigenvalue weighted by molar-refractivity contribution is -0.146. The number of hydrogen-bond acceptors (Lipinski definition) is 3. The molecular formula is C13H18O3. The third-order valence-electron chi connectivity index (χ3n) is 2.97. The van der Waals surface area contributed by atoms with Gasteiger partial charge in [0.15, 0.2) is 5.78 Å². The van der Waals surface area contributed by atoms with Crippen molar-refractivity contribution in [2.45, 2.75) is 27.7 Å². The molecule has 1 aliphatic rings. The molecule has 0 N–H and O–H groups in total. The zero-order valence-electron chi connectivity index (χ0n) is 10.2. The van der Waals surface area contributed by atoms with Gasteiger partial charge < -0.3 is 4.74 Å². The lowest BCUT2D eigenvalue weighted by Gasteiger charge is -2.30. The Labute approximate surface area is 96.2 Å². The van der Waals surface area contributed by atoms with Crippen molar-refractivity contribution in [2.75, 3.05) is 6.61 Å². The first kappa shape index (κ1) is 12.7. The summed E-state index contributed by atoms with van der Waals surface area (Å²) in [5.74, 6) is -0.616. The number of carbonyl (C=O) groups is 2. The first-order valence-electron chi connectivity index (χ1n) is 5.51. The highest BCUT2D eigenvalue weighted by Gasteiger charge is 2.37. The van der Waals surface area contributed by atoms with Gasteiger partial charge in [-0.05, 0) is 39.3 Å². The van der Waals surface area contributed by atoms with Crippen molar-refractivity contribution in [1.82, 2.24) is 0 Å². The Kier molecular flexibility index (Phi) is 3.68. The van der Waals surface area contributed by atoms with Crippen LogP contribution in [0.15, 0.2) is 23.8 Å². The van der Waals surface area contributed by atoms with Gasteiger partial charge in [-0.3, -0.25) is 9.59 Å². The molecule has 3 heteroatoms. The summed E-state index contributed by atoms with van der Waals surface area (Å²) >= 11 is 0. The molecule has 0 saturated heterocycles. The molecule has 0 aliphatic heterocycles. The monoisotopic (exact) mass is 222 g/mol. The van der Waals surface area contributed by atoms with E-state index in [1.54, 1.807) is 26.0 Å². The Morgan fingerprint density at radius 1 is 1.50 bits per heavy atom.